The van der Waals surface area contributed by atoms with Crippen molar-refractivity contribution in [1.82, 2.24) is 9.66 Å². The quantitative estimate of drug-likeness (QED) is 0.335. The first-order valence-corrected chi connectivity index (χ1v) is 13.2. The van der Waals surface area contributed by atoms with Gasteiger partial charge in [0.15, 0.2) is 18.1 Å². The summed E-state index contributed by atoms with van der Waals surface area (Å²) in [6, 6.07) is 14.5. The van der Waals surface area contributed by atoms with Crippen LogP contribution in [0.5, 0.6) is 11.5 Å². The van der Waals surface area contributed by atoms with Gasteiger partial charge in [-0.3, -0.25) is 9.59 Å². The highest BCUT2D eigenvalue weighted by Crippen LogP contribution is 2.34. The summed E-state index contributed by atoms with van der Waals surface area (Å²) in [6.07, 6.45) is 5.79. The Kier molecular flexibility index (Phi) is 7.32. The lowest BCUT2D eigenvalue weighted by Gasteiger charge is -2.13. The van der Waals surface area contributed by atoms with Crippen LogP contribution in [0.1, 0.15) is 41.6 Å². The van der Waals surface area contributed by atoms with Gasteiger partial charge in [-0.25, -0.2) is 4.98 Å². The van der Waals surface area contributed by atoms with Gasteiger partial charge in [0, 0.05) is 10.6 Å². The Hall–Kier alpha value is -3.98. The number of nitrogens with zero attached hydrogens (tertiary/aromatic N) is 3. The van der Waals surface area contributed by atoms with Gasteiger partial charge in [0.1, 0.15) is 10.7 Å². The molecule has 2 heterocycles. The summed E-state index contributed by atoms with van der Waals surface area (Å²) in [4.78, 5) is 32.4. The molecule has 0 bridgehead atoms. The molecule has 190 valence electrons. The van der Waals surface area contributed by atoms with E-state index in [1.165, 1.54) is 9.55 Å². The summed E-state index contributed by atoms with van der Waals surface area (Å²) in [5, 5.41) is 7.96. The van der Waals surface area contributed by atoms with Crippen molar-refractivity contribution < 1.29 is 14.3 Å². The minimum Gasteiger partial charge on any atom is -0.490 e. The van der Waals surface area contributed by atoms with E-state index in [-0.39, 0.29) is 18.1 Å². The van der Waals surface area contributed by atoms with Gasteiger partial charge in [0.2, 0.25) is 0 Å². The predicted molar refractivity (Wildman–Crippen MR) is 146 cm³/mol. The fourth-order valence-corrected chi connectivity index (χ4v) is 5.71. The Morgan fingerprint density at radius 1 is 1.14 bits per heavy atom. The molecule has 2 aromatic heterocycles. The van der Waals surface area contributed by atoms with E-state index in [4.69, 9.17) is 9.47 Å². The highest BCUT2D eigenvalue weighted by atomic mass is 32.1. The van der Waals surface area contributed by atoms with Gasteiger partial charge in [-0.1, -0.05) is 18.2 Å². The lowest BCUT2D eigenvalue weighted by Crippen LogP contribution is -2.21. The number of para-hydroxylation sites is 1. The largest absolute Gasteiger partial charge is 0.490 e. The summed E-state index contributed by atoms with van der Waals surface area (Å²) in [5.74, 6) is 1.21. The number of benzene rings is 2. The summed E-state index contributed by atoms with van der Waals surface area (Å²) in [6.45, 7) is 3.93. The fraction of sp³-hybridized carbons (Fsp3) is 0.286. The highest BCUT2D eigenvalue weighted by molar-refractivity contribution is 7.18. The van der Waals surface area contributed by atoms with E-state index < -0.39 is 0 Å². The molecule has 1 aliphatic carbocycles. The molecule has 0 atom stereocenters. The molecule has 9 heteroatoms. The Balaban J connectivity index is 1.35. The molecule has 0 spiro atoms. The Morgan fingerprint density at radius 2 is 1.95 bits per heavy atom. The SMILES string of the molecule is CCOc1cc(/C=N\n2c(C)nc3sc4c(c3c2=O)CCCC4)ccc1OCC(=O)Nc1ccccc1. The van der Waals surface area contributed by atoms with Crippen LogP contribution in [0.25, 0.3) is 10.2 Å². The van der Waals surface area contributed by atoms with Crippen molar-refractivity contribution in [1.29, 1.82) is 0 Å². The molecule has 8 nitrogen and oxygen atoms in total. The highest BCUT2D eigenvalue weighted by Gasteiger charge is 2.21. The van der Waals surface area contributed by atoms with Crippen molar-refractivity contribution >= 4 is 39.4 Å². The zero-order chi connectivity index (χ0) is 25.8. The fourth-order valence-electron chi connectivity index (χ4n) is 4.41. The molecular weight excluding hydrogens is 488 g/mol. The van der Waals surface area contributed by atoms with Gasteiger partial charge in [-0.15, -0.1) is 11.3 Å². The van der Waals surface area contributed by atoms with Crippen LogP contribution in [0.3, 0.4) is 0 Å². The summed E-state index contributed by atoms with van der Waals surface area (Å²) in [5.41, 5.74) is 2.44. The van der Waals surface area contributed by atoms with Crippen LogP contribution in [-0.4, -0.2) is 35.0 Å². The molecule has 0 aliphatic heterocycles. The van der Waals surface area contributed by atoms with Crippen LogP contribution in [0.4, 0.5) is 5.69 Å². The van der Waals surface area contributed by atoms with Gasteiger partial charge in [-0.2, -0.15) is 9.78 Å². The Bertz CT molecular complexity index is 1520. The second-order valence-corrected chi connectivity index (χ2v) is 9.84. The van der Waals surface area contributed by atoms with Crippen molar-refractivity contribution in [2.45, 2.75) is 39.5 Å². The van der Waals surface area contributed by atoms with Gasteiger partial charge < -0.3 is 14.8 Å². The topological polar surface area (TPSA) is 94.8 Å². The molecule has 0 saturated heterocycles. The molecule has 5 rings (SSSR count). The smallest absolute Gasteiger partial charge is 0.283 e. The van der Waals surface area contributed by atoms with E-state index in [0.717, 1.165) is 41.6 Å². The molecule has 1 N–H and O–H groups in total. The second-order valence-electron chi connectivity index (χ2n) is 8.75. The molecule has 1 amide bonds. The lowest BCUT2D eigenvalue weighted by molar-refractivity contribution is -0.118. The van der Waals surface area contributed by atoms with Gasteiger partial charge >= 0.3 is 0 Å². The maximum absolute atomic E-state index is 13.3. The third-order valence-corrected chi connectivity index (χ3v) is 7.32. The van der Waals surface area contributed by atoms with Crippen LogP contribution in [-0.2, 0) is 17.6 Å². The van der Waals surface area contributed by atoms with Crippen LogP contribution < -0.4 is 20.3 Å². The molecular formula is C28H28N4O4S. The van der Waals surface area contributed by atoms with Crippen molar-refractivity contribution in [2.75, 3.05) is 18.5 Å². The zero-order valence-corrected chi connectivity index (χ0v) is 21.6. The van der Waals surface area contributed by atoms with Gasteiger partial charge in [0.25, 0.3) is 11.5 Å². The third-order valence-electron chi connectivity index (χ3n) is 6.14. The molecule has 0 fully saturated rings. The summed E-state index contributed by atoms with van der Waals surface area (Å²) < 4.78 is 12.8. The number of aryl methyl sites for hydroxylation is 3. The van der Waals surface area contributed by atoms with E-state index in [9.17, 15) is 9.59 Å². The monoisotopic (exact) mass is 516 g/mol. The van der Waals surface area contributed by atoms with Crippen molar-refractivity contribution in [3.05, 3.63) is 80.7 Å². The van der Waals surface area contributed by atoms with E-state index in [2.05, 4.69) is 15.4 Å². The average Bonchev–Trinajstić information content (AvgIpc) is 3.27. The first kappa shape index (κ1) is 24.7. The summed E-state index contributed by atoms with van der Waals surface area (Å²) in [7, 11) is 0. The normalized spacial score (nSPS) is 13.0. The van der Waals surface area contributed by atoms with E-state index >= 15 is 0 Å². The van der Waals surface area contributed by atoms with Crippen molar-refractivity contribution in [3.63, 3.8) is 0 Å². The van der Waals surface area contributed by atoms with E-state index in [1.54, 1.807) is 42.7 Å². The standard InChI is InChI=1S/C28H28N4O4S/c1-3-35-23-15-19(13-14-22(23)36-17-25(33)31-20-9-5-4-6-10-20)16-29-32-18(2)30-27-26(28(32)34)21-11-7-8-12-24(21)37-27/h4-6,9-10,13-16H,3,7-8,11-12,17H2,1-2H3,(H,31,33)/b29-16-. The predicted octanol–water partition coefficient (Wildman–Crippen LogP) is 4.94. The number of fused-ring (bicyclic) bond motifs is 3. The number of aromatic nitrogens is 2. The Morgan fingerprint density at radius 3 is 2.76 bits per heavy atom. The minimum atomic E-state index is -0.271. The first-order valence-electron chi connectivity index (χ1n) is 12.4. The average molecular weight is 517 g/mol. The lowest BCUT2D eigenvalue weighted by atomic mass is 9.97. The summed E-state index contributed by atoms with van der Waals surface area (Å²) >= 11 is 1.63. The molecule has 0 radical (unpaired) electrons. The Labute approximate surface area is 218 Å². The number of nitrogens with one attached hydrogen (secondary N) is 1. The number of ether oxygens (including phenoxy) is 2. The number of hydrogen-bond acceptors (Lipinski definition) is 7. The maximum atomic E-state index is 13.3. The number of amides is 1. The first-order chi connectivity index (χ1) is 18.0. The van der Waals surface area contributed by atoms with E-state index in [0.29, 0.717) is 35.0 Å². The van der Waals surface area contributed by atoms with Crippen molar-refractivity contribution in [2.24, 2.45) is 5.10 Å². The number of carbonyl (C=O) groups is 1. The number of hydrogen-bond donors (Lipinski definition) is 1. The van der Waals surface area contributed by atoms with Crippen LogP contribution in [0, 0.1) is 6.92 Å². The number of thiophene rings is 1. The second kappa shape index (κ2) is 11.0. The molecule has 2 aromatic carbocycles. The number of rotatable bonds is 8. The number of carbonyl (C=O) groups excluding carboxylic acids is 1. The molecule has 37 heavy (non-hydrogen) atoms. The van der Waals surface area contributed by atoms with Crippen LogP contribution >= 0.6 is 11.3 Å². The minimum absolute atomic E-state index is 0.132. The molecule has 0 unspecified atom stereocenters. The van der Waals surface area contributed by atoms with Crippen LogP contribution in [0.2, 0.25) is 0 Å². The van der Waals surface area contributed by atoms with Crippen LogP contribution in [0.15, 0.2) is 58.4 Å². The van der Waals surface area contributed by atoms with Gasteiger partial charge in [0.05, 0.1) is 18.2 Å². The van der Waals surface area contributed by atoms with E-state index in [1.807, 2.05) is 37.3 Å². The maximum Gasteiger partial charge on any atom is 0.283 e. The molecule has 1 aliphatic rings. The third kappa shape index (κ3) is 5.41. The molecule has 0 saturated carbocycles. The van der Waals surface area contributed by atoms with Crippen molar-refractivity contribution in [3.8, 4) is 11.5 Å². The number of anilines is 1. The van der Waals surface area contributed by atoms with Gasteiger partial charge in [-0.05, 0) is 81.0 Å². The molecule has 4 aromatic rings. The zero-order valence-electron chi connectivity index (χ0n) is 20.8.